The number of carbonyl (C=O) groups is 2. The largest absolute Gasteiger partial charge is 0.469 e. The number of furan rings is 1. The van der Waals surface area contributed by atoms with Gasteiger partial charge in [-0.05, 0) is 38.3 Å². The molecule has 1 aromatic rings. The molecule has 0 bridgehead atoms. The molecule has 1 saturated heterocycles. The van der Waals surface area contributed by atoms with Crippen LogP contribution in [-0.4, -0.2) is 29.3 Å². The average molecular weight is 276 g/mol. The first-order valence-electron chi connectivity index (χ1n) is 7.21. The highest BCUT2D eigenvalue weighted by Crippen LogP contribution is 2.49. The van der Waals surface area contributed by atoms with Gasteiger partial charge < -0.3 is 15.1 Å². The summed E-state index contributed by atoms with van der Waals surface area (Å²) in [4.78, 5) is 25.8. The van der Waals surface area contributed by atoms with E-state index in [0.717, 1.165) is 25.0 Å². The second-order valence-electron chi connectivity index (χ2n) is 5.98. The summed E-state index contributed by atoms with van der Waals surface area (Å²) in [6.45, 7) is 2.51. The van der Waals surface area contributed by atoms with Crippen molar-refractivity contribution in [3.8, 4) is 0 Å². The van der Waals surface area contributed by atoms with E-state index in [0.29, 0.717) is 6.54 Å². The second-order valence-corrected chi connectivity index (χ2v) is 5.98. The Balaban J connectivity index is 1.66. The Morgan fingerprint density at radius 3 is 2.85 bits per heavy atom. The number of hydrogen-bond acceptors (Lipinski definition) is 3. The minimum Gasteiger partial charge on any atom is -0.469 e. The molecule has 108 valence electrons. The molecule has 5 heteroatoms. The number of rotatable bonds is 3. The summed E-state index contributed by atoms with van der Waals surface area (Å²) in [5.41, 5.74) is 5.38. The number of nitrogens with zero attached hydrogens (tertiary/aromatic N) is 1. The summed E-state index contributed by atoms with van der Waals surface area (Å²) in [7, 11) is 0. The van der Waals surface area contributed by atoms with Crippen LogP contribution in [0.25, 0.3) is 0 Å². The van der Waals surface area contributed by atoms with E-state index in [1.54, 1.807) is 6.26 Å². The molecule has 2 fully saturated rings. The first-order valence-corrected chi connectivity index (χ1v) is 7.21. The molecule has 2 aliphatic rings. The number of nitrogens with two attached hydrogens (primary N) is 1. The summed E-state index contributed by atoms with van der Waals surface area (Å²) >= 11 is 0. The summed E-state index contributed by atoms with van der Waals surface area (Å²) in [5, 5.41) is 0. The molecule has 0 radical (unpaired) electrons. The molecule has 1 aliphatic heterocycles. The Morgan fingerprint density at radius 1 is 1.40 bits per heavy atom. The quantitative estimate of drug-likeness (QED) is 0.908. The Bertz CT molecular complexity index is 511. The van der Waals surface area contributed by atoms with Crippen molar-refractivity contribution in [3.05, 3.63) is 24.2 Å². The van der Waals surface area contributed by atoms with Crippen molar-refractivity contribution in [2.45, 2.75) is 38.1 Å². The molecular weight excluding hydrogens is 256 g/mol. The van der Waals surface area contributed by atoms with Crippen LogP contribution >= 0.6 is 0 Å². The topological polar surface area (TPSA) is 76.5 Å². The minimum atomic E-state index is -0.298. The van der Waals surface area contributed by atoms with E-state index in [1.807, 2.05) is 24.0 Å². The van der Waals surface area contributed by atoms with Crippen LogP contribution < -0.4 is 5.73 Å². The third-order valence-electron chi connectivity index (χ3n) is 4.58. The van der Waals surface area contributed by atoms with Gasteiger partial charge in [0.15, 0.2) is 0 Å². The van der Waals surface area contributed by atoms with Gasteiger partial charge >= 0.3 is 0 Å². The molecule has 4 atom stereocenters. The summed E-state index contributed by atoms with van der Waals surface area (Å²) < 4.78 is 5.37. The van der Waals surface area contributed by atoms with Gasteiger partial charge in [0.2, 0.25) is 11.8 Å². The van der Waals surface area contributed by atoms with E-state index < -0.39 is 0 Å². The fraction of sp³-hybridized carbons (Fsp3) is 0.600. The van der Waals surface area contributed by atoms with Crippen molar-refractivity contribution < 1.29 is 14.0 Å². The lowest BCUT2D eigenvalue weighted by Gasteiger charge is -2.37. The lowest BCUT2D eigenvalue weighted by atomic mass is 9.92. The fourth-order valence-corrected chi connectivity index (χ4v) is 3.14. The molecule has 2 heterocycles. The minimum absolute atomic E-state index is 0.00947. The number of primary amides is 1. The molecule has 0 unspecified atom stereocenters. The lowest BCUT2D eigenvalue weighted by Crippen LogP contribution is -2.49. The number of amides is 2. The van der Waals surface area contributed by atoms with Crippen molar-refractivity contribution in [1.29, 1.82) is 0 Å². The average Bonchev–Trinajstić information content (AvgIpc) is 3.04. The predicted octanol–water partition coefficient (Wildman–Crippen LogP) is 1.50. The van der Waals surface area contributed by atoms with Gasteiger partial charge in [-0.2, -0.15) is 0 Å². The summed E-state index contributed by atoms with van der Waals surface area (Å²) in [5.74, 6) is 0.752. The van der Waals surface area contributed by atoms with Gasteiger partial charge in [0.05, 0.1) is 12.2 Å². The molecule has 2 amide bonds. The standard InChI is InChI=1S/C15H20N2O3/c1-9-4-5-10(14(16)18)8-17(9)15(19)12-7-11(12)13-3-2-6-20-13/h2-3,6,9-12H,4-5,7-8H2,1H3,(H2,16,18)/t9-,10+,11+,12-/m1/s1. The molecule has 1 aromatic heterocycles. The van der Waals surface area contributed by atoms with Crippen LogP contribution in [0.4, 0.5) is 0 Å². The molecular formula is C15H20N2O3. The van der Waals surface area contributed by atoms with Gasteiger partial charge in [-0.15, -0.1) is 0 Å². The van der Waals surface area contributed by atoms with Crippen molar-refractivity contribution >= 4 is 11.8 Å². The number of likely N-dealkylation sites (tertiary alicyclic amines) is 1. The zero-order valence-corrected chi connectivity index (χ0v) is 11.6. The van der Waals surface area contributed by atoms with Gasteiger partial charge in [0, 0.05) is 24.4 Å². The lowest BCUT2D eigenvalue weighted by molar-refractivity contribution is -0.139. The predicted molar refractivity (Wildman–Crippen MR) is 72.6 cm³/mol. The molecule has 2 N–H and O–H groups in total. The Hall–Kier alpha value is -1.78. The number of carbonyl (C=O) groups excluding carboxylic acids is 2. The van der Waals surface area contributed by atoms with E-state index >= 15 is 0 Å². The first kappa shape index (κ1) is 13.2. The van der Waals surface area contributed by atoms with Crippen LogP contribution in [0.1, 0.15) is 37.9 Å². The van der Waals surface area contributed by atoms with Crippen molar-refractivity contribution in [2.24, 2.45) is 17.6 Å². The summed E-state index contributed by atoms with van der Waals surface area (Å²) in [6, 6.07) is 3.96. The highest BCUT2D eigenvalue weighted by molar-refractivity contribution is 5.84. The van der Waals surface area contributed by atoms with Crippen LogP contribution in [0.15, 0.2) is 22.8 Å². The van der Waals surface area contributed by atoms with E-state index in [9.17, 15) is 9.59 Å². The van der Waals surface area contributed by atoms with Gasteiger partial charge in [-0.25, -0.2) is 0 Å². The van der Waals surface area contributed by atoms with Crippen LogP contribution in [0, 0.1) is 11.8 Å². The normalized spacial score (nSPS) is 33.0. The van der Waals surface area contributed by atoms with Crippen LogP contribution in [-0.2, 0) is 9.59 Å². The number of piperidine rings is 1. The van der Waals surface area contributed by atoms with Crippen molar-refractivity contribution in [1.82, 2.24) is 4.90 Å². The Morgan fingerprint density at radius 2 is 2.20 bits per heavy atom. The third kappa shape index (κ3) is 2.32. The molecule has 20 heavy (non-hydrogen) atoms. The van der Waals surface area contributed by atoms with E-state index in [4.69, 9.17) is 10.2 Å². The molecule has 5 nitrogen and oxygen atoms in total. The van der Waals surface area contributed by atoms with E-state index in [1.165, 1.54) is 0 Å². The van der Waals surface area contributed by atoms with E-state index in [-0.39, 0.29) is 35.6 Å². The Kier molecular flexibility index (Phi) is 3.28. The monoisotopic (exact) mass is 276 g/mol. The van der Waals surface area contributed by atoms with E-state index in [2.05, 4.69) is 0 Å². The first-order chi connectivity index (χ1) is 9.58. The van der Waals surface area contributed by atoms with Gasteiger partial charge in [-0.1, -0.05) is 0 Å². The van der Waals surface area contributed by atoms with Gasteiger partial charge in [0.25, 0.3) is 0 Å². The molecule has 1 aliphatic carbocycles. The van der Waals surface area contributed by atoms with Gasteiger partial charge in [-0.3, -0.25) is 9.59 Å². The Labute approximate surface area is 118 Å². The zero-order chi connectivity index (χ0) is 14.3. The maximum atomic E-state index is 12.6. The van der Waals surface area contributed by atoms with Crippen molar-refractivity contribution in [2.75, 3.05) is 6.54 Å². The van der Waals surface area contributed by atoms with Crippen LogP contribution in [0.3, 0.4) is 0 Å². The number of hydrogen-bond donors (Lipinski definition) is 1. The smallest absolute Gasteiger partial charge is 0.226 e. The third-order valence-corrected chi connectivity index (χ3v) is 4.58. The summed E-state index contributed by atoms with van der Waals surface area (Å²) in [6.07, 6.45) is 4.11. The highest BCUT2D eigenvalue weighted by atomic mass is 16.3. The molecule has 0 spiro atoms. The zero-order valence-electron chi connectivity index (χ0n) is 11.6. The fourth-order valence-electron chi connectivity index (χ4n) is 3.14. The highest BCUT2D eigenvalue weighted by Gasteiger charge is 2.49. The molecule has 1 saturated carbocycles. The SMILES string of the molecule is C[C@@H]1CC[C@H](C(N)=O)CN1C(=O)[C@@H]1C[C@@H]1c1ccco1. The molecule has 0 aromatic carbocycles. The van der Waals surface area contributed by atoms with Crippen LogP contribution in [0.5, 0.6) is 0 Å². The maximum absolute atomic E-state index is 12.6. The maximum Gasteiger partial charge on any atom is 0.226 e. The van der Waals surface area contributed by atoms with Crippen molar-refractivity contribution in [3.63, 3.8) is 0 Å². The second kappa shape index (κ2) is 4.96. The van der Waals surface area contributed by atoms with Crippen LogP contribution in [0.2, 0.25) is 0 Å². The molecule has 3 rings (SSSR count). The van der Waals surface area contributed by atoms with Gasteiger partial charge in [0.1, 0.15) is 5.76 Å².